The number of hydrogen-bond donors (Lipinski definition) is 5. The highest BCUT2D eigenvalue weighted by molar-refractivity contribution is 5.96. The van der Waals surface area contributed by atoms with Crippen LogP contribution in [-0.4, -0.2) is 50.4 Å². The molecule has 4 aromatic rings. The second kappa shape index (κ2) is 17.6. The molecule has 0 radical (unpaired) electrons. The average molecular weight is 570 g/mol. The molecule has 42 heavy (non-hydrogen) atoms. The minimum absolute atomic E-state index is 0.303. The van der Waals surface area contributed by atoms with Crippen LogP contribution in [0.25, 0.3) is 0 Å². The molecule has 218 valence electrons. The fourth-order valence-corrected chi connectivity index (χ4v) is 3.77. The third-order valence-electron chi connectivity index (χ3n) is 5.98. The predicted molar refractivity (Wildman–Crippen MR) is 158 cm³/mol. The standard InChI is InChI=1S/C25H29N5O3.C6H6N2O/c31-24(20-11-9-19(10-12-20)16-27-18-22-7-2-4-15-29-22)30-23(25(32)33)8-5-13-26-17-21-6-1-3-14-28-21;7-6(9)5-3-1-2-4-8-5/h1-4,6-7,9-12,14-15,23,26-27H,5,8,13,16-18H2,(H,30,31)(H,32,33);1-4H,(H2,7,9)/t23-;/m0./s1. The predicted octanol–water partition coefficient (Wildman–Crippen LogP) is 2.70. The number of amides is 2. The van der Waals surface area contributed by atoms with Crippen LogP contribution in [0.2, 0.25) is 0 Å². The summed E-state index contributed by atoms with van der Waals surface area (Å²) in [5.41, 5.74) is 8.56. The Morgan fingerprint density at radius 2 is 1.33 bits per heavy atom. The van der Waals surface area contributed by atoms with Gasteiger partial charge in [0.2, 0.25) is 0 Å². The molecular weight excluding hydrogens is 534 g/mol. The van der Waals surface area contributed by atoms with Crippen LogP contribution >= 0.6 is 0 Å². The summed E-state index contributed by atoms with van der Waals surface area (Å²) >= 11 is 0. The first kappa shape index (κ1) is 31.5. The van der Waals surface area contributed by atoms with Gasteiger partial charge in [0.05, 0.1) is 11.4 Å². The molecule has 2 amide bonds. The number of nitrogens with two attached hydrogens (primary N) is 1. The van der Waals surface area contributed by atoms with E-state index in [1.807, 2.05) is 48.5 Å². The number of nitrogens with zero attached hydrogens (tertiary/aromatic N) is 3. The van der Waals surface area contributed by atoms with Crippen molar-refractivity contribution in [3.05, 3.63) is 126 Å². The maximum absolute atomic E-state index is 12.5. The first-order valence-electron chi connectivity index (χ1n) is 13.5. The van der Waals surface area contributed by atoms with Gasteiger partial charge in [-0.15, -0.1) is 0 Å². The summed E-state index contributed by atoms with van der Waals surface area (Å²) in [6.45, 7) is 2.55. The molecule has 6 N–H and O–H groups in total. The van der Waals surface area contributed by atoms with E-state index < -0.39 is 23.8 Å². The molecular formula is C31H35N7O4. The lowest BCUT2D eigenvalue weighted by Gasteiger charge is -2.15. The summed E-state index contributed by atoms with van der Waals surface area (Å²) in [5, 5.41) is 18.6. The minimum Gasteiger partial charge on any atom is -0.480 e. The monoisotopic (exact) mass is 569 g/mol. The molecule has 0 aliphatic heterocycles. The van der Waals surface area contributed by atoms with E-state index in [-0.39, 0.29) is 0 Å². The van der Waals surface area contributed by atoms with Crippen LogP contribution in [0.15, 0.2) is 97.5 Å². The number of carbonyl (C=O) groups is 3. The number of rotatable bonds is 14. The van der Waals surface area contributed by atoms with Crippen molar-refractivity contribution in [3.63, 3.8) is 0 Å². The van der Waals surface area contributed by atoms with E-state index in [1.165, 1.54) is 6.20 Å². The van der Waals surface area contributed by atoms with Gasteiger partial charge in [0.15, 0.2) is 0 Å². The Balaban J connectivity index is 0.000000458. The summed E-state index contributed by atoms with van der Waals surface area (Å²) in [6.07, 6.45) is 5.97. The molecule has 0 fully saturated rings. The van der Waals surface area contributed by atoms with Crippen molar-refractivity contribution >= 4 is 17.8 Å². The molecule has 0 saturated carbocycles. The molecule has 11 heteroatoms. The van der Waals surface area contributed by atoms with Gasteiger partial charge in [0.1, 0.15) is 11.7 Å². The zero-order valence-electron chi connectivity index (χ0n) is 23.1. The van der Waals surface area contributed by atoms with Gasteiger partial charge in [-0.3, -0.25) is 24.5 Å². The lowest BCUT2D eigenvalue weighted by atomic mass is 10.1. The third kappa shape index (κ3) is 11.6. The minimum atomic E-state index is -1.04. The molecule has 0 bridgehead atoms. The van der Waals surface area contributed by atoms with Crippen LogP contribution in [0, 0.1) is 0 Å². The van der Waals surface area contributed by atoms with Crippen LogP contribution in [0.1, 0.15) is 50.6 Å². The summed E-state index contributed by atoms with van der Waals surface area (Å²) in [5.74, 6) is -1.92. The molecule has 0 spiro atoms. The number of carboxylic acid groups (broad SMARTS) is 1. The molecule has 1 atom stereocenters. The molecule has 3 aromatic heterocycles. The number of carbonyl (C=O) groups excluding carboxylic acids is 2. The number of hydrogen-bond acceptors (Lipinski definition) is 8. The van der Waals surface area contributed by atoms with Crippen molar-refractivity contribution in [3.8, 4) is 0 Å². The maximum Gasteiger partial charge on any atom is 0.326 e. The number of aromatic nitrogens is 3. The van der Waals surface area contributed by atoms with E-state index in [1.54, 1.807) is 42.7 Å². The average Bonchev–Trinajstić information content (AvgIpc) is 3.02. The van der Waals surface area contributed by atoms with E-state index >= 15 is 0 Å². The Morgan fingerprint density at radius 1 is 0.738 bits per heavy atom. The van der Waals surface area contributed by atoms with E-state index in [2.05, 4.69) is 30.9 Å². The Hall–Kier alpha value is -5.00. The first-order chi connectivity index (χ1) is 20.4. The van der Waals surface area contributed by atoms with Crippen molar-refractivity contribution in [2.45, 2.75) is 38.5 Å². The molecule has 1 aromatic carbocycles. The summed E-state index contributed by atoms with van der Waals surface area (Å²) < 4.78 is 0. The van der Waals surface area contributed by atoms with Gasteiger partial charge in [0.25, 0.3) is 11.8 Å². The normalized spacial score (nSPS) is 11.0. The SMILES string of the molecule is NC(=O)c1ccccn1.O=C(N[C@@H](CCCNCc1ccccn1)C(=O)O)c1ccc(CNCc2ccccn2)cc1. The molecule has 0 aliphatic carbocycles. The summed E-state index contributed by atoms with van der Waals surface area (Å²) in [6, 6.07) is 22.7. The molecule has 0 saturated heterocycles. The zero-order chi connectivity index (χ0) is 30.0. The Labute approximate surface area is 244 Å². The fraction of sp³-hybridized carbons (Fsp3) is 0.226. The fourth-order valence-electron chi connectivity index (χ4n) is 3.77. The van der Waals surface area contributed by atoms with Crippen LogP contribution in [0.4, 0.5) is 0 Å². The van der Waals surface area contributed by atoms with Crippen molar-refractivity contribution in [2.75, 3.05) is 6.54 Å². The second-order valence-corrected chi connectivity index (χ2v) is 9.21. The highest BCUT2D eigenvalue weighted by Crippen LogP contribution is 2.07. The van der Waals surface area contributed by atoms with Gasteiger partial charge in [0, 0.05) is 43.8 Å². The maximum atomic E-state index is 12.5. The number of primary amides is 1. The molecule has 0 unspecified atom stereocenters. The lowest BCUT2D eigenvalue weighted by Crippen LogP contribution is -2.41. The Bertz CT molecular complexity index is 1370. The van der Waals surface area contributed by atoms with Crippen molar-refractivity contribution < 1.29 is 19.5 Å². The van der Waals surface area contributed by atoms with Crippen LogP contribution in [0.3, 0.4) is 0 Å². The van der Waals surface area contributed by atoms with Crippen LogP contribution in [-0.2, 0) is 24.4 Å². The second-order valence-electron chi connectivity index (χ2n) is 9.21. The Kier molecular flexibility index (Phi) is 13.2. The topological polar surface area (TPSA) is 172 Å². The van der Waals surface area contributed by atoms with E-state index in [4.69, 9.17) is 5.73 Å². The van der Waals surface area contributed by atoms with Crippen molar-refractivity contribution in [1.82, 2.24) is 30.9 Å². The van der Waals surface area contributed by atoms with Crippen LogP contribution < -0.4 is 21.7 Å². The summed E-state index contributed by atoms with van der Waals surface area (Å²) in [4.78, 5) is 46.7. The molecule has 11 nitrogen and oxygen atoms in total. The van der Waals surface area contributed by atoms with Gasteiger partial charge < -0.3 is 26.8 Å². The first-order valence-corrected chi connectivity index (χ1v) is 13.5. The van der Waals surface area contributed by atoms with Gasteiger partial charge in [-0.1, -0.05) is 30.3 Å². The van der Waals surface area contributed by atoms with Crippen molar-refractivity contribution in [1.29, 1.82) is 0 Å². The Morgan fingerprint density at radius 3 is 1.83 bits per heavy atom. The van der Waals surface area contributed by atoms with Gasteiger partial charge in [-0.2, -0.15) is 0 Å². The van der Waals surface area contributed by atoms with E-state index in [9.17, 15) is 19.5 Å². The number of aliphatic carboxylic acids is 1. The highest BCUT2D eigenvalue weighted by Gasteiger charge is 2.20. The molecule has 4 rings (SSSR count). The van der Waals surface area contributed by atoms with Crippen molar-refractivity contribution in [2.24, 2.45) is 5.73 Å². The number of pyridine rings is 3. The van der Waals surface area contributed by atoms with Gasteiger partial charge >= 0.3 is 5.97 Å². The quantitative estimate of drug-likeness (QED) is 0.143. The third-order valence-corrected chi connectivity index (χ3v) is 5.98. The number of carboxylic acids is 1. The number of benzene rings is 1. The van der Waals surface area contributed by atoms with Gasteiger partial charge in [-0.25, -0.2) is 4.79 Å². The van der Waals surface area contributed by atoms with E-state index in [0.29, 0.717) is 50.3 Å². The zero-order valence-corrected chi connectivity index (χ0v) is 23.1. The van der Waals surface area contributed by atoms with E-state index in [0.717, 1.165) is 17.0 Å². The van der Waals surface area contributed by atoms with Gasteiger partial charge in [-0.05, 0) is 73.5 Å². The molecule has 0 aliphatic rings. The largest absolute Gasteiger partial charge is 0.480 e. The smallest absolute Gasteiger partial charge is 0.326 e. The van der Waals surface area contributed by atoms with Crippen LogP contribution in [0.5, 0.6) is 0 Å². The number of nitrogens with one attached hydrogen (secondary N) is 3. The highest BCUT2D eigenvalue weighted by atomic mass is 16.4. The summed E-state index contributed by atoms with van der Waals surface area (Å²) in [7, 11) is 0. The molecule has 3 heterocycles. The lowest BCUT2D eigenvalue weighted by molar-refractivity contribution is -0.139.